The van der Waals surface area contributed by atoms with Gasteiger partial charge in [-0.1, -0.05) is 103 Å². The molecule has 0 aliphatic carbocycles. The Kier molecular flexibility index (Phi) is 17.0. The molecule has 0 saturated carbocycles. The second-order valence-corrected chi connectivity index (χ2v) is 14.4. The van der Waals surface area contributed by atoms with Crippen LogP contribution in [0.25, 0.3) is 0 Å². The van der Waals surface area contributed by atoms with E-state index >= 15 is 0 Å². The van der Waals surface area contributed by atoms with Gasteiger partial charge in [0.2, 0.25) is 0 Å². The first-order chi connectivity index (χ1) is 26.8. The maximum atomic E-state index is 13.6. The van der Waals surface area contributed by atoms with Crippen LogP contribution in [-0.2, 0) is 33.7 Å². The molecule has 2 unspecified atom stereocenters. The summed E-state index contributed by atoms with van der Waals surface area (Å²) in [6.07, 6.45) is 12.0. The Hall–Kier alpha value is -4.40. The second-order valence-electron chi connectivity index (χ2n) is 14.4. The van der Waals surface area contributed by atoms with Crippen molar-refractivity contribution >= 4 is 0 Å². The van der Waals surface area contributed by atoms with Gasteiger partial charge in [0.05, 0.1) is 36.5 Å². The molecule has 4 aromatic rings. The number of fused-ring (bicyclic) bond motifs is 2. The maximum absolute atomic E-state index is 13.6. The number of ether oxygens (including phenoxy) is 2. The van der Waals surface area contributed by atoms with Gasteiger partial charge in [-0.15, -0.1) is 0 Å². The molecule has 0 radical (unpaired) electrons. The van der Waals surface area contributed by atoms with E-state index in [4.69, 9.17) is 14.7 Å². The molecule has 0 bridgehead atoms. The first-order valence-corrected chi connectivity index (χ1v) is 20.3. The van der Waals surface area contributed by atoms with Crippen LogP contribution < -0.4 is 0 Å². The monoisotopic (exact) mass is 747 g/mol. The fourth-order valence-electron chi connectivity index (χ4n) is 7.87. The maximum Gasteiger partial charge on any atom is 0.123 e. The minimum Gasteiger partial charge on any atom is -0.365 e. The molecule has 6 rings (SSSR count). The third kappa shape index (κ3) is 10.9. The SMILES string of the molecule is CC.CCCCC1(c2ccc(F)cc2)OCc2cc(C#N)ccc21.CCCCCCCN(C)CCCC1(c2ccc(F)cc2)OCCc2cc(C#N)ccc21. The summed E-state index contributed by atoms with van der Waals surface area (Å²) in [6, 6.07) is 29.3. The minimum absolute atomic E-state index is 0.238. The van der Waals surface area contributed by atoms with Crippen LogP contribution in [-0.4, -0.2) is 31.6 Å². The molecule has 55 heavy (non-hydrogen) atoms. The summed E-state index contributed by atoms with van der Waals surface area (Å²) in [4.78, 5) is 2.41. The summed E-state index contributed by atoms with van der Waals surface area (Å²) in [5.41, 5.74) is 6.62. The molecule has 0 spiro atoms. The van der Waals surface area contributed by atoms with Crippen LogP contribution in [0.1, 0.15) is 136 Å². The average molecular weight is 748 g/mol. The van der Waals surface area contributed by atoms with E-state index < -0.39 is 11.2 Å². The fraction of sp³-hybridized carbons (Fsp3) is 0.458. The lowest BCUT2D eigenvalue weighted by Crippen LogP contribution is -2.37. The molecule has 0 fully saturated rings. The molecule has 292 valence electrons. The van der Waals surface area contributed by atoms with Gasteiger partial charge < -0.3 is 14.4 Å². The van der Waals surface area contributed by atoms with Gasteiger partial charge in [0.15, 0.2) is 0 Å². The van der Waals surface area contributed by atoms with Gasteiger partial charge in [0, 0.05) is 0 Å². The van der Waals surface area contributed by atoms with Gasteiger partial charge in [-0.3, -0.25) is 0 Å². The second kappa shape index (κ2) is 21.6. The van der Waals surface area contributed by atoms with Gasteiger partial charge in [-0.2, -0.15) is 10.5 Å². The van der Waals surface area contributed by atoms with Crippen LogP contribution in [0.15, 0.2) is 84.9 Å². The van der Waals surface area contributed by atoms with Crippen molar-refractivity contribution in [2.45, 2.75) is 116 Å². The Morgan fingerprint density at radius 2 is 1.11 bits per heavy atom. The van der Waals surface area contributed by atoms with Crippen molar-refractivity contribution in [1.82, 2.24) is 4.90 Å². The quantitative estimate of drug-likeness (QED) is 0.113. The number of halogens is 2. The Bertz CT molecular complexity index is 1860. The van der Waals surface area contributed by atoms with E-state index in [0.717, 1.165) is 79.4 Å². The molecule has 2 atom stereocenters. The highest BCUT2D eigenvalue weighted by molar-refractivity contribution is 5.49. The number of benzene rings is 4. The largest absolute Gasteiger partial charge is 0.365 e. The summed E-state index contributed by atoms with van der Waals surface area (Å²) in [6.45, 7) is 11.6. The van der Waals surface area contributed by atoms with Crippen LogP contribution in [0.4, 0.5) is 8.78 Å². The summed E-state index contributed by atoms with van der Waals surface area (Å²) in [5, 5.41) is 18.4. The lowest BCUT2D eigenvalue weighted by Gasteiger charge is -2.40. The molecule has 7 heteroatoms. The molecule has 4 aromatic carbocycles. The fourth-order valence-corrected chi connectivity index (χ4v) is 7.87. The summed E-state index contributed by atoms with van der Waals surface area (Å²) in [5.74, 6) is -0.481. The predicted octanol–water partition coefficient (Wildman–Crippen LogP) is 11.9. The van der Waals surface area contributed by atoms with Crippen molar-refractivity contribution in [3.8, 4) is 12.1 Å². The van der Waals surface area contributed by atoms with Crippen molar-refractivity contribution in [3.63, 3.8) is 0 Å². The van der Waals surface area contributed by atoms with Crippen molar-refractivity contribution in [2.75, 3.05) is 26.7 Å². The standard InChI is InChI=1S/C27H35FN2O.C19H18FNO.C2H6/c1-3-4-5-6-7-17-30(2)18-8-16-27(24-10-12-25(28)13-11-24)26-14-9-22(21-29)20-23(26)15-19-31-27;1-2-3-10-19(16-5-7-17(20)8-6-16)18-9-4-14(12-21)11-15(18)13-22-19;1-2/h9-14,20H,3-8,15-19H2,1-2H3;4-9,11H,2-3,10,13H2,1H3;1-2H3. The molecule has 2 heterocycles. The van der Waals surface area contributed by atoms with Crippen LogP contribution in [0.3, 0.4) is 0 Å². The third-order valence-electron chi connectivity index (χ3n) is 10.7. The molecular formula is C48H59F2N3O2. The highest BCUT2D eigenvalue weighted by Crippen LogP contribution is 2.46. The van der Waals surface area contributed by atoms with E-state index in [0.29, 0.717) is 24.3 Å². The number of rotatable bonds is 15. The zero-order valence-electron chi connectivity index (χ0n) is 33.6. The van der Waals surface area contributed by atoms with Gasteiger partial charge in [-0.25, -0.2) is 8.78 Å². The number of nitrogens with zero attached hydrogens (tertiary/aromatic N) is 3. The zero-order chi connectivity index (χ0) is 39.7. The highest BCUT2D eigenvalue weighted by Gasteiger charge is 2.42. The Morgan fingerprint density at radius 1 is 0.618 bits per heavy atom. The van der Waals surface area contributed by atoms with Crippen LogP contribution in [0, 0.1) is 34.3 Å². The number of nitriles is 2. The summed E-state index contributed by atoms with van der Waals surface area (Å²) in [7, 11) is 2.19. The van der Waals surface area contributed by atoms with E-state index in [1.165, 1.54) is 61.9 Å². The molecule has 5 nitrogen and oxygen atoms in total. The Balaban J connectivity index is 0.000000246. The van der Waals surface area contributed by atoms with E-state index in [9.17, 15) is 14.0 Å². The van der Waals surface area contributed by atoms with Crippen LogP contribution >= 0.6 is 0 Å². The van der Waals surface area contributed by atoms with Crippen molar-refractivity contribution in [3.05, 3.63) is 141 Å². The minimum atomic E-state index is -0.586. The smallest absolute Gasteiger partial charge is 0.123 e. The molecule has 0 amide bonds. The Morgan fingerprint density at radius 3 is 1.67 bits per heavy atom. The Labute approximate surface area is 328 Å². The molecule has 0 aromatic heterocycles. The number of hydrogen-bond acceptors (Lipinski definition) is 5. The molecule has 0 N–H and O–H groups in total. The van der Waals surface area contributed by atoms with Gasteiger partial charge >= 0.3 is 0 Å². The molecule has 2 aliphatic rings. The van der Waals surface area contributed by atoms with E-state index in [-0.39, 0.29) is 11.6 Å². The third-order valence-corrected chi connectivity index (χ3v) is 10.7. The van der Waals surface area contributed by atoms with Gasteiger partial charge in [0.1, 0.15) is 22.8 Å². The highest BCUT2D eigenvalue weighted by atomic mass is 19.1. The summed E-state index contributed by atoms with van der Waals surface area (Å²) >= 11 is 0. The number of hydrogen-bond donors (Lipinski definition) is 0. The molecule has 0 saturated heterocycles. The first-order valence-electron chi connectivity index (χ1n) is 20.3. The van der Waals surface area contributed by atoms with Gasteiger partial charge in [0.25, 0.3) is 0 Å². The first kappa shape index (κ1) is 43.3. The van der Waals surface area contributed by atoms with Crippen molar-refractivity contribution < 1.29 is 18.3 Å². The molecular weight excluding hydrogens is 689 g/mol. The van der Waals surface area contributed by atoms with Crippen molar-refractivity contribution in [2.24, 2.45) is 0 Å². The van der Waals surface area contributed by atoms with E-state index in [2.05, 4.69) is 37.9 Å². The van der Waals surface area contributed by atoms with Crippen molar-refractivity contribution in [1.29, 1.82) is 10.5 Å². The van der Waals surface area contributed by atoms with E-state index in [1.807, 2.05) is 62.4 Å². The number of unbranched alkanes of at least 4 members (excludes halogenated alkanes) is 5. The predicted molar refractivity (Wildman–Crippen MR) is 217 cm³/mol. The lowest BCUT2D eigenvalue weighted by molar-refractivity contribution is -0.0370. The normalized spacial score (nSPS) is 18.1. The topological polar surface area (TPSA) is 69.3 Å². The van der Waals surface area contributed by atoms with Crippen LogP contribution in [0.5, 0.6) is 0 Å². The zero-order valence-corrected chi connectivity index (χ0v) is 33.6. The van der Waals surface area contributed by atoms with Crippen LogP contribution in [0.2, 0.25) is 0 Å². The molecule has 2 aliphatic heterocycles. The lowest BCUT2D eigenvalue weighted by atomic mass is 9.77. The summed E-state index contributed by atoms with van der Waals surface area (Å²) < 4.78 is 39.6. The average Bonchev–Trinajstić information content (AvgIpc) is 3.59. The van der Waals surface area contributed by atoms with E-state index in [1.54, 1.807) is 12.1 Å². The van der Waals surface area contributed by atoms with Gasteiger partial charge in [-0.05, 0) is 134 Å².